The number of amides is 2. The van der Waals surface area contributed by atoms with Crippen LogP contribution in [0.3, 0.4) is 0 Å². The van der Waals surface area contributed by atoms with Crippen molar-refractivity contribution in [1.82, 2.24) is 15.6 Å². The van der Waals surface area contributed by atoms with Crippen molar-refractivity contribution in [3.05, 3.63) is 53.9 Å². The Labute approximate surface area is 140 Å². The lowest BCUT2D eigenvalue weighted by atomic mass is 10.2. The molecule has 2 amide bonds. The van der Waals surface area contributed by atoms with Crippen LogP contribution in [0.25, 0.3) is 0 Å². The van der Waals surface area contributed by atoms with Crippen LogP contribution in [-0.2, 0) is 22.7 Å². The fourth-order valence-electron chi connectivity index (χ4n) is 2.04. The van der Waals surface area contributed by atoms with Crippen LogP contribution in [0.15, 0.2) is 42.7 Å². The molecule has 0 spiro atoms. The zero-order chi connectivity index (χ0) is 17.4. The lowest BCUT2D eigenvalue weighted by Crippen LogP contribution is -2.39. The molecule has 0 aliphatic rings. The van der Waals surface area contributed by atoms with Gasteiger partial charge in [-0.25, -0.2) is 0 Å². The summed E-state index contributed by atoms with van der Waals surface area (Å²) in [6.07, 6.45) is 3.26. The molecule has 24 heavy (non-hydrogen) atoms. The smallest absolute Gasteiger partial charge is 0.309 e. The standard InChI is InChI=1S/C17H19N3O4/c1-23-14-5-6-15(24-2)13(8-14)11-20-17(22)16(21)19-10-12-4-3-7-18-9-12/h3-9H,10-11H2,1-2H3,(H,19,21)(H,20,22). The SMILES string of the molecule is COc1ccc(OC)c(CNC(=O)C(=O)NCc2cccnc2)c1. The van der Waals surface area contributed by atoms with Crippen molar-refractivity contribution in [2.45, 2.75) is 13.1 Å². The van der Waals surface area contributed by atoms with Gasteiger partial charge in [-0.15, -0.1) is 0 Å². The number of rotatable bonds is 6. The third kappa shape index (κ3) is 4.70. The molecule has 1 aromatic heterocycles. The molecule has 0 bridgehead atoms. The van der Waals surface area contributed by atoms with Gasteiger partial charge in [0.25, 0.3) is 0 Å². The number of pyridine rings is 1. The largest absolute Gasteiger partial charge is 0.497 e. The molecule has 126 valence electrons. The van der Waals surface area contributed by atoms with E-state index < -0.39 is 11.8 Å². The summed E-state index contributed by atoms with van der Waals surface area (Å²) in [6, 6.07) is 8.81. The fraction of sp³-hybridized carbons (Fsp3) is 0.235. The van der Waals surface area contributed by atoms with Gasteiger partial charge in [-0.05, 0) is 29.8 Å². The van der Waals surface area contributed by atoms with Crippen LogP contribution in [0.4, 0.5) is 0 Å². The van der Waals surface area contributed by atoms with Crippen molar-refractivity contribution < 1.29 is 19.1 Å². The predicted molar refractivity (Wildman–Crippen MR) is 87.5 cm³/mol. The Morgan fingerprint density at radius 2 is 1.79 bits per heavy atom. The molecule has 0 aliphatic carbocycles. The zero-order valence-electron chi connectivity index (χ0n) is 13.5. The minimum absolute atomic E-state index is 0.152. The third-order valence-electron chi connectivity index (χ3n) is 3.31. The number of benzene rings is 1. The molecule has 0 unspecified atom stereocenters. The highest BCUT2D eigenvalue weighted by atomic mass is 16.5. The molecular weight excluding hydrogens is 310 g/mol. The van der Waals surface area contributed by atoms with Crippen molar-refractivity contribution in [2.75, 3.05) is 14.2 Å². The van der Waals surface area contributed by atoms with Crippen molar-refractivity contribution in [3.8, 4) is 11.5 Å². The maximum Gasteiger partial charge on any atom is 0.309 e. The Bertz CT molecular complexity index is 704. The molecule has 0 fully saturated rings. The van der Waals surface area contributed by atoms with Crippen molar-refractivity contribution in [2.24, 2.45) is 0 Å². The van der Waals surface area contributed by atoms with Crippen LogP contribution >= 0.6 is 0 Å². The lowest BCUT2D eigenvalue weighted by molar-refractivity contribution is -0.139. The summed E-state index contributed by atoms with van der Waals surface area (Å²) in [6.45, 7) is 0.391. The number of nitrogens with zero attached hydrogens (tertiary/aromatic N) is 1. The summed E-state index contributed by atoms with van der Waals surface area (Å²) in [5.41, 5.74) is 1.53. The second-order valence-electron chi connectivity index (χ2n) is 4.90. The first-order chi connectivity index (χ1) is 11.6. The quantitative estimate of drug-likeness (QED) is 0.773. The molecular formula is C17H19N3O4. The maximum absolute atomic E-state index is 11.9. The number of nitrogens with one attached hydrogen (secondary N) is 2. The molecule has 7 nitrogen and oxygen atoms in total. The first-order valence-electron chi connectivity index (χ1n) is 7.30. The minimum atomic E-state index is -0.719. The highest BCUT2D eigenvalue weighted by molar-refractivity contribution is 6.35. The van der Waals surface area contributed by atoms with Crippen molar-refractivity contribution in [1.29, 1.82) is 0 Å². The number of hydrogen-bond acceptors (Lipinski definition) is 5. The van der Waals surface area contributed by atoms with E-state index in [2.05, 4.69) is 15.6 Å². The van der Waals surface area contributed by atoms with Gasteiger partial charge in [0, 0.05) is 31.0 Å². The molecule has 2 rings (SSSR count). The van der Waals surface area contributed by atoms with E-state index in [1.807, 2.05) is 6.07 Å². The molecule has 2 aromatic rings. The van der Waals surface area contributed by atoms with E-state index in [-0.39, 0.29) is 13.1 Å². The van der Waals surface area contributed by atoms with Crippen LogP contribution in [0.1, 0.15) is 11.1 Å². The van der Waals surface area contributed by atoms with Gasteiger partial charge in [0.05, 0.1) is 14.2 Å². The van der Waals surface area contributed by atoms with E-state index in [1.54, 1.807) is 43.8 Å². The molecule has 0 saturated carbocycles. The molecule has 0 saturated heterocycles. The Kier molecular flexibility index (Phi) is 6.13. The van der Waals surface area contributed by atoms with Crippen molar-refractivity contribution in [3.63, 3.8) is 0 Å². The van der Waals surface area contributed by atoms with Gasteiger partial charge in [-0.1, -0.05) is 6.07 Å². The first kappa shape index (κ1) is 17.3. The molecule has 0 aliphatic heterocycles. The number of carbonyl (C=O) groups is 2. The Morgan fingerprint density at radius 3 is 2.42 bits per heavy atom. The predicted octanol–water partition coefficient (Wildman–Crippen LogP) is 1.03. The second kappa shape index (κ2) is 8.52. The highest BCUT2D eigenvalue weighted by Crippen LogP contribution is 2.23. The van der Waals surface area contributed by atoms with E-state index in [9.17, 15) is 9.59 Å². The summed E-state index contributed by atoms with van der Waals surface area (Å²) >= 11 is 0. The summed E-state index contributed by atoms with van der Waals surface area (Å²) in [7, 11) is 3.09. The Hall–Kier alpha value is -3.09. The van der Waals surface area contributed by atoms with Gasteiger partial charge in [0.1, 0.15) is 11.5 Å². The number of hydrogen-bond donors (Lipinski definition) is 2. The number of carbonyl (C=O) groups excluding carboxylic acids is 2. The van der Waals surface area contributed by atoms with Gasteiger partial charge < -0.3 is 20.1 Å². The Morgan fingerprint density at radius 1 is 1.04 bits per heavy atom. The summed E-state index contributed by atoms with van der Waals surface area (Å²) in [5, 5.41) is 5.10. The van der Waals surface area contributed by atoms with Gasteiger partial charge in [-0.3, -0.25) is 14.6 Å². The lowest BCUT2D eigenvalue weighted by Gasteiger charge is -2.11. The summed E-state index contributed by atoms with van der Waals surface area (Å²) in [4.78, 5) is 27.6. The molecule has 7 heteroatoms. The minimum Gasteiger partial charge on any atom is -0.497 e. The topological polar surface area (TPSA) is 89.5 Å². The van der Waals surface area contributed by atoms with Crippen LogP contribution in [-0.4, -0.2) is 31.0 Å². The summed E-state index contributed by atoms with van der Waals surface area (Å²) < 4.78 is 10.4. The van der Waals surface area contributed by atoms with Crippen LogP contribution in [0.5, 0.6) is 11.5 Å². The second-order valence-corrected chi connectivity index (χ2v) is 4.90. The van der Waals surface area contributed by atoms with Crippen LogP contribution < -0.4 is 20.1 Å². The average Bonchev–Trinajstić information content (AvgIpc) is 2.64. The number of ether oxygens (including phenoxy) is 2. The van der Waals surface area contributed by atoms with E-state index in [1.165, 1.54) is 7.11 Å². The number of methoxy groups -OCH3 is 2. The molecule has 0 atom stereocenters. The average molecular weight is 329 g/mol. The van der Waals surface area contributed by atoms with Gasteiger partial charge in [-0.2, -0.15) is 0 Å². The maximum atomic E-state index is 11.9. The molecule has 1 aromatic carbocycles. The third-order valence-corrected chi connectivity index (χ3v) is 3.31. The molecule has 1 heterocycles. The van der Waals surface area contributed by atoms with Crippen LogP contribution in [0.2, 0.25) is 0 Å². The molecule has 0 radical (unpaired) electrons. The molecule has 2 N–H and O–H groups in total. The van der Waals surface area contributed by atoms with E-state index in [0.29, 0.717) is 17.1 Å². The highest BCUT2D eigenvalue weighted by Gasteiger charge is 2.14. The van der Waals surface area contributed by atoms with E-state index in [0.717, 1.165) is 5.56 Å². The van der Waals surface area contributed by atoms with Gasteiger partial charge in [0.2, 0.25) is 0 Å². The summed E-state index contributed by atoms with van der Waals surface area (Å²) in [5.74, 6) is -0.183. The first-order valence-corrected chi connectivity index (χ1v) is 7.30. The fourth-order valence-corrected chi connectivity index (χ4v) is 2.04. The van der Waals surface area contributed by atoms with Gasteiger partial charge in [0.15, 0.2) is 0 Å². The van der Waals surface area contributed by atoms with Crippen LogP contribution in [0, 0.1) is 0 Å². The van der Waals surface area contributed by atoms with E-state index >= 15 is 0 Å². The van der Waals surface area contributed by atoms with E-state index in [4.69, 9.17) is 9.47 Å². The Balaban J connectivity index is 1.89. The normalized spacial score (nSPS) is 9.92. The zero-order valence-corrected chi connectivity index (χ0v) is 13.5. The van der Waals surface area contributed by atoms with Gasteiger partial charge >= 0.3 is 11.8 Å². The van der Waals surface area contributed by atoms with Crippen molar-refractivity contribution >= 4 is 11.8 Å². The number of aromatic nitrogens is 1. The monoisotopic (exact) mass is 329 g/mol.